The topological polar surface area (TPSA) is 265 Å². The lowest BCUT2D eigenvalue weighted by atomic mass is 9.81. The Bertz CT molecular complexity index is 1810. The summed E-state index contributed by atoms with van der Waals surface area (Å²) in [6, 6.07) is 2.45. The average Bonchev–Trinajstić information content (AvgIpc) is 4.00. The summed E-state index contributed by atoms with van der Waals surface area (Å²) >= 11 is 0. The normalized spacial score (nSPS) is 16.9. The molecule has 0 aliphatic heterocycles. The average molecular weight is 856 g/mol. The van der Waals surface area contributed by atoms with Crippen molar-refractivity contribution in [1.82, 2.24) is 71.3 Å². The van der Waals surface area contributed by atoms with E-state index in [4.69, 9.17) is 14.3 Å². The number of nitrogens with zero attached hydrogens (tertiary/aromatic N) is 10. The Morgan fingerprint density at radius 3 is 1.97 bits per heavy atom. The van der Waals surface area contributed by atoms with Crippen molar-refractivity contribution in [2.24, 2.45) is 20.0 Å². The van der Waals surface area contributed by atoms with Crippen LogP contribution in [0.15, 0.2) is 18.6 Å². The van der Waals surface area contributed by atoms with Crippen molar-refractivity contribution in [3.63, 3.8) is 0 Å². The highest BCUT2D eigenvalue weighted by Crippen LogP contribution is 2.49. The smallest absolute Gasteiger partial charge is 0.259 e. The molecule has 1 aliphatic rings. The van der Waals surface area contributed by atoms with Gasteiger partial charge in [0.1, 0.15) is 11.4 Å². The first kappa shape index (κ1) is 47.8. The number of carbonyl (C=O) groups excluding carboxylic acids is 4. The molecule has 21 nitrogen and oxygen atoms in total. The van der Waals surface area contributed by atoms with E-state index in [9.17, 15) is 19.2 Å². The number of hydrogen-bond acceptors (Lipinski definition) is 14. The number of nitrogens with one attached hydrogen (secondary N) is 5. The SMILES string of the molecule is CC(C)N(C(C)C)P(OCCC#N)OC1CCC(C(=O)NC(CCC(=O)NCCc2cn(C)nn2)(CCC(=O)NCc2cn(C)nn2)CCC(=O)NCc2cn[nH]n2)CC1. The third-order valence-electron chi connectivity index (χ3n) is 10.2. The van der Waals surface area contributed by atoms with Crippen molar-refractivity contribution in [3.8, 4) is 6.07 Å². The fourth-order valence-electron chi connectivity index (χ4n) is 7.11. The van der Waals surface area contributed by atoms with Gasteiger partial charge in [0.05, 0.1) is 50.2 Å². The van der Waals surface area contributed by atoms with Gasteiger partial charge in [-0.3, -0.25) is 28.5 Å². The maximum absolute atomic E-state index is 14.3. The second kappa shape index (κ2) is 24.4. The predicted molar refractivity (Wildman–Crippen MR) is 219 cm³/mol. The highest BCUT2D eigenvalue weighted by Gasteiger charge is 2.38. The molecule has 4 amide bonds. The monoisotopic (exact) mass is 855 g/mol. The van der Waals surface area contributed by atoms with Gasteiger partial charge in [-0.05, 0) is 72.6 Å². The summed E-state index contributed by atoms with van der Waals surface area (Å²) in [7, 11) is 2.08. The maximum Gasteiger partial charge on any atom is 0.259 e. The highest BCUT2D eigenvalue weighted by atomic mass is 31.2. The van der Waals surface area contributed by atoms with Crippen molar-refractivity contribution in [2.45, 2.75) is 142 Å². The molecule has 22 heteroatoms. The summed E-state index contributed by atoms with van der Waals surface area (Å²) in [5, 5.41) is 47.3. The molecule has 0 bridgehead atoms. The molecule has 5 N–H and O–H groups in total. The van der Waals surface area contributed by atoms with Crippen LogP contribution >= 0.6 is 8.53 Å². The van der Waals surface area contributed by atoms with Gasteiger partial charge in [-0.15, -0.1) is 10.2 Å². The van der Waals surface area contributed by atoms with Gasteiger partial charge in [-0.2, -0.15) is 20.7 Å². The molecule has 2 atom stereocenters. The molecule has 3 aromatic heterocycles. The first-order chi connectivity index (χ1) is 28.8. The molecule has 3 heterocycles. The summed E-state index contributed by atoms with van der Waals surface area (Å²) in [6.07, 6.45) is 8.60. The van der Waals surface area contributed by atoms with Gasteiger partial charge >= 0.3 is 0 Å². The molecule has 1 fully saturated rings. The van der Waals surface area contributed by atoms with Crippen molar-refractivity contribution in [3.05, 3.63) is 35.7 Å². The van der Waals surface area contributed by atoms with Crippen molar-refractivity contribution in [2.75, 3.05) is 13.2 Å². The van der Waals surface area contributed by atoms with Gasteiger partial charge in [0, 0.05) is 82.3 Å². The molecule has 60 heavy (non-hydrogen) atoms. The number of nitriles is 1. The number of amides is 4. The minimum Gasteiger partial charge on any atom is -0.356 e. The number of rotatable bonds is 26. The van der Waals surface area contributed by atoms with E-state index in [1.165, 1.54) is 6.20 Å². The van der Waals surface area contributed by atoms with Crippen molar-refractivity contribution < 1.29 is 28.2 Å². The molecule has 2 unspecified atom stereocenters. The van der Waals surface area contributed by atoms with Gasteiger partial charge in [-0.25, -0.2) is 4.67 Å². The first-order valence-electron chi connectivity index (χ1n) is 20.7. The van der Waals surface area contributed by atoms with Crippen molar-refractivity contribution in [1.29, 1.82) is 5.26 Å². The van der Waals surface area contributed by atoms with E-state index in [0.29, 0.717) is 50.0 Å². The number of aromatic nitrogens is 9. The molecule has 1 aliphatic carbocycles. The largest absolute Gasteiger partial charge is 0.356 e. The van der Waals surface area contributed by atoms with Crippen molar-refractivity contribution >= 4 is 32.2 Å². The Labute approximate surface area is 352 Å². The molecular formula is C38H62N15O6P. The van der Waals surface area contributed by atoms with Gasteiger partial charge in [0.2, 0.25) is 23.6 Å². The minimum absolute atomic E-state index is 0.0196. The van der Waals surface area contributed by atoms with Gasteiger partial charge in [0.25, 0.3) is 8.53 Å². The lowest BCUT2D eigenvalue weighted by Crippen LogP contribution is -2.52. The van der Waals surface area contributed by atoms with E-state index in [1.807, 2.05) is 0 Å². The summed E-state index contributed by atoms with van der Waals surface area (Å²) in [4.78, 5) is 54.1. The molecule has 0 spiro atoms. The van der Waals surface area contributed by atoms with Gasteiger partial charge < -0.3 is 30.3 Å². The predicted octanol–water partition coefficient (Wildman–Crippen LogP) is 2.40. The molecule has 4 rings (SSSR count). The molecule has 3 aromatic rings. The molecule has 330 valence electrons. The highest BCUT2D eigenvalue weighted by molar-refractivity contribution is 7.44. The number of carbonyl (C=O) groups is 4. The standard InChI is InChI=1S/C38H62N15O6P/c1-27(2)53(28(3)4)60(58-21-7-19-39)59-33-10-8-29(9-11-33)37(57)44-38(17-13-35(55)41-22-31-24-43-48-45-31,18-14-36(56)42-23-32-26-52(6)50-47-32)16-12-34(54)40-20-15-30-25-51(5)49-46-30/h24-29,33H,7-18,20-23H2,1-6H3,(H,40,54)(H,41,55)(H,42,56)(H,44,57)(H,43,45,48). The van der Waals surface area contributed by atoms with Crippen LogP contribution in [0.25, 0.3) is 0 Å². The van der Waals surface area contributed by atoms with Crippen LogP contribution in [0.2, 0.25) is 0 Å². The summed E-state index contributed by atoms with van der Waals surface area (Å²) in [5.74, 6) is -1.33. The Kier molecular flexibility index (Phi) is 19.4. The number of H-pyrrole nitrogens is 1. The van der Waals surface area contributed by atoms with E-state index in [1.54, 1.807) is 35.9 Å². The zero-order valence-corrected chi connectivity index (χ0v) is 36.6. The molecule has 0 radical (unpaired) electrons. The number of hydrogen-bond donors (Lipinski definition) is 5. The lowest BCUT2D eigenvalue weighted by Gasteiger charge is -2.39. The van der Waals surface area contributed by atoms with Gasteiger partial charge in [-0.1, -0.05) is 10.4 Å². The van der Waals surface area contributed by atoms with Crippen LogP contribution in [-0.2, 0) is 61.8 Å². The maximum atomic E-state index is 14.3. The molecule has 1 saturated carbocycles. The quantitative estimate of drug-likeness (QED) is 0.0574. The van der Waals surface area contributed by atoms with Crippen LogP contribution < -0.4 is 21.3 Å². The fraction of sp³-hybridized carbons (Fsp3) is 0.711. The minimum atomic E-state index is -1.43. The number of aryl methyl sites for hydroxylation is 2. The first-order valence-corrected chi connectivity index (χ1v) is 21.8. The van der Waals surface area contributed by atoms with Gasteiger partial charge in [0.15, 0.2) is 0 Å². The Morgan fingerprint density at radius 1 is 0.883 bits per heavy atom. The fourth-order valence-corrected chi connectivity index (χ4v) is 8.88. The van der Waals surface area contributed by atoms with E-state index < -0.39 is 14.1 Å². The van der Waals surface area contributed by atoms with Crippen LogP contribution in [0, 0.1) is 17.2 Å². The second-order valence-corrected chi connectivity index (χ2v) is 17.2. The lowest BCUT2D eigenvalue weighted by molar-refractivity contribution is -0.131. The second-order valence-electron chi connectivity index (χ2n) is 15.8. The van der Waals surface area contributed by atoms with Crippen LogP contribution in [0.3, 0.4) is 0 Å². The van der Waals surface area contributed by atoms with E-state index in [2.05, 4.69) is 95.7 Å². The van der Waals surface area contributed by atoms with E-state index in [0.717, 1.165) is 5.69 Å². The Morgan fingerprint density at radius 2 is 1.45 bits per heavy atom. The van der Waals surface area contributed by atoms with Crippen LogP contribution in [0.4, 0.5) is 0 Å². The summed E-state index contributed by atoms with van der Waals surface area (Å²) < 4.78 is 18.0. The Balaban J connectivity index is 1.47. The summed E-state index contributed by atoms with van der Waals surface area (Å²) in [5.41, 5.74) is 0.806. The number of aromatic amines is 1. The Hall–Kier alpha value is -4.90. The third kappa shape index (κ3) is 16.3. The molecule has 0 aromatic carbocycles. The third-order valence-corrected chi connectivity index (χ3v) is 12.4. The van der Waals surface area contributed by atoms with Crippen LogP contribution in [0.5, 0.6) is 0 Å². The zero-order chi connectivity index (χ0) is 43.5. The van der Waals surface area contributed by atoms with Crippen LogP contribution in [-0.4, -0.2) is 111 Å². The molecular weight excluding hydrogens is 793 g/mol. The van der Waals surface area contributed by atoms with Crippen LogP contribution in [0.1, 0.15) is 115 Å². The van der Waals surface area contributed by atoms with E-state index in [-0.39, 0.29) is 112 Å². The summed E-state index contributed by atoms with van der Waals surface area (Å²) in [6.45, 7) is 9.31. The van der Waals surface area contributed by atoms with E-state index >= 15 is 0 Å². The molecule has 0 saturated heterocycles. The zero-order valence-electron chi connectivity index (χ0n) is 35.7.